The minimum Gasteiger partial charge on any atom is -0.496 e. The van der Waals surface area contributed by atoms with Gasteiger partial charge < -0.3 is 15.4 Å². The maximum absolute atomic E-state index is 14.6. The molecule has 35 heavy (non-hydrogen) atoms. The predicted octanol–water partition coefficient (Wildman–Crippen LogP) is 3.21. The fourth-order valence-corrected chi connectivity index (χ4v) is 4.27. The van der Waals surface area contributed by atoms with Crippen molar-refractivity contribution in [1.82, 2.24) is 25.0 Å². The molecule has 9 heteroatoms. The Labute approximate surface area is 201 Å². The molecule has 0 aliphatic heterocycles. The molecule has 1 amide bonds. The number of methoxy groups -OCH3 is 1. The van der Waals surface area contributed by atoms with Crippen LogP contribution in [-0.4, -0.2) is 33.9 Å². The van der Waals surface area contributed by atoms with Crippen LogP contribution in [0.25, 0.3) is 16.6 Å². The molecule has 1 aromatic carbocycles. The van der Waals surface area contributed by atoms with Crippen molar-refractivity contribution in [3.63, 3.8) is 0 Å². The highest BCUT2D eigenvalue weighted by atomic mass is 19.1. The van der Waals surface area contributed by atoms with E-state index in [9.17, 15) is 14.0 Å². The van der Waals surface area contributed by atoms with Gasteiger partial charge in [-0.15, -0.1) is 0 Å². The lowest BCUT2D eigenvalue weighted by molar-refractivity contribution is 0.0945. The van der Waals surface area contributed by atoms with Gasteiger partial charge in [0.1, 0.15) is 17.1 Å². The highest BCUT2D eigenvalue weighted by Gasteiger charge is 2.17. The quantitative estimate of drug-likeness (QED) is 0.380. The molecule has 0 radical (unpaired) electrons. The summed E-state index contributed by atoms with van der Waals surface area (Å²) < 4.78 is 21.4. The number of hydrogen-bond donors (Lipinski definition) is 2. The van der Waals surface area contributed by atoms with Crippen molar-refractivity contribution in [3.8, 4) is 5.75 Å². The van der Waals surface area contributed by atoms with Crippen LogP contribution in [0.15, 0.2) is 53.5 Å². The number of benzene rings is 1. The topological polar surface area (TPSA) is 97.6 Å². The number of ether oxygens (including phenoxy) is 1. The van der Waals surface area contributed by atoms with Crippen LogP contribution in [0, 0.1) is 11.9 Å². The summed E-state index contributed by atoms with van der Waals surface area (Å²) in [6.45, 7) is 1.43. The van der Waals surface area contributed by atoms with E-state index in [1.54, 1.807) is 36.5 Å². The van der Waals surface area contributed by atoms with E-state index in [1.165, 1.54) is 36.8 Å². The number of halogens is 1. The molecule has 1 aliphatic rings. The van der Waals surface area contributed by atoms with E-state index in [0.717, 1.165) is 11.9 Å². The lowest BCUT2D eigenvalue weighted by atomic mass is 9.85. The third-order valence-electron chi connectivity index (χ3n) is 6.46. The Balaban J connectivity index is 1.35. The summed E-state index contributed by atoms with van der Waals surface area (Å²) in [5, 5.41) is 6.87. The third kappa shape index (κ3) is 4.85. The molecule has 3 aromatic heterocycles. The second-order valence-corrected chi connectivity index (χ2v) is 8.81. The first-order chi connectivity index (χ1) is 17.0. The Kier molecular flexibility index (Phi) is 6.41. The number of rotatable bonds is 8. The van der Waals surface area contributed by atoms with E-state index in [0.29, 0.717) is 40.5 Å². The number of carbonyl (C=O) groups is 1. The van der Waals surface area contributed by atoms with E-state index in [2.05, 4.69) is 20.6 Å². The van der Waals surface area contributed by atoms with Gasteiger partial charge >= 0.3 is 0 Å². The number of pyridine rings is 2. The van der Waals surface area contributed by atoms with Crippen LogP contribution >= 0.6 is 0 Å². The molecule has 3 heterocycles. The first-order valence-electron chi connectivity index (χ1n) is 11.7. The van der Waals surface area contributed by atoms with Gasteiger partial charge in [-0.1, -0.05) is 12.5 Å². The van der Waals surface area contributed by atoms with Crippen LogP contribution in [0.2, 0.25) is 0 Å². The number of carbonyl (C=O) groups excluding carboxylic acids is 1. The molecule has 1 aliphatic carbocycles. The lowest BCUT2D eigenvalue weighted by Gasteiger charge is -2.25. The van der Waals surface area contributed by atoms with E-state index in [4.69, 9.17) is 4.74 Å². The summed E-state index contributed by atoms with van der Waals surface area (Å²) in [5.41, 5.74) is 1.76. The van der Waals surface area contributed by atoms with Gasteiger partial charge in [-0.3, -0.25) is 14.0 Å². The molecular weight excluding hydrogens is 449 g/mol. The Hall–Kier alpha value is -3.85. The first-order valence-corrected chi connectivity index (χ1v) is 11.7. The van der Waals surface area contributed by atoms with Gasteiger partial charge in [0.25, 0.3) is 11.5 Å². The van der Waals surface area contributed by atoms with E-state index >= 15 is 0 Å². The van der Waals surface area contributed by atoms with Gasteiger partial charge in [-0.05, 0) is 49.6 Å². The fourth-order valence-electron chi connectivity index (χ4n) is 4.27. The number of nitrogens with one attached hydrogen (secondary N) is 2. The summed E-state index contributed by atoms with van der Waals surface area (Å²) >= 11 is 0. The van der Waals surface area contributed by atoms with E-state index < -0.39 is 11.9 Å². The minimum atomic E-state index is -0.504. The molecule has 0 atom stereocenters. The maximum atomic E-state index is 14.6. The van der Waals surface area contributed by atoms with Crippen molar-refractivity contribution >= 4 is 22.5 Å². The Morgan fingerprint density at radius 2 is 1.97 bits per heavy atom. The normalized spacial score (nSPS) is 13.7. The SMILES string of the molecule is COc1cc2nc(F)c(CNCC3CCC3)cc2cc1CNC(=O)c1cc(=O)n2ccccc2n1. The highest BCUT2D eigenvalue weighted by Crippen LogP contribution is 2.27. The fraction of sp³-hybridized carbons (Fsp3) is 0.308. The van der Waals surface area contributed by atoms with Crippen molar-refractivity contribution < 1.29 is 13.9 Å². The van der Waals surface area contributed by atoms with Crippen LogP contribution in [0.1, 0.15) is 40.9 Å². The van der Waals surface area contributed by atoms with Crippen molar-refractivity contribution in [2.24, 2.45) is 5.92 Å². The van der Waals surface area contributed by atoms with Gasteiger partial charge in [0.15, 0.2) is 0 Å². The average molecular weight is 476 g/mol. The second kappa shape index (κ2) is 9.79. The minimum absolute atomic E-state index is 0.0320. The van der Waals surface area contributed by atoms with Crippen LogP contribution in [-0.2, 0) is 13.1 Å². The molecule has 2 N–H and O–H groups in total. The van der Waals surface area contributed by atoms with Crippen LogP contribution in [0.3, 0.4) is 0 Å². The summed E-state index contributed by atoms with van der Waals surface area (Å²) in [7, 11) is 1.51. The van der Waals surface area contributed by atoms with Gasteiger partial charge in [0.2, 0.25) is 5.95 Å². The van der Waals surface area contributed by atoms with Crippen molar-refractivity contribution in [2.45, 2.75) is 32.4 Å². The number of aromatic nitrogens is 3. The van der Waals surface area contributed by atoms with Crippen molar-refractivity contribution in [3.05, 3.63) is 81.8 Å². The van der Waals surface area contributed by atoms with Crippen molar-refractivity contribution in [1.29, 1.82) is 0 Å². The largest absolute Gasteiger partial charge is 0.496 e. The van der Waals surface area contributed by atoms with E-state index in [1.807, 2.05) is 6.07 Å². The Morgan fingerprint density at radius 3 is 2.74 bits per heavy atom. The molecule has 5 rings (SSSR count). The molecule has 0 bridgehead atoms. The van der Waals surface area contributed by atoms with Crippen molar-refractivity contribution in [2.75, 3.05) is 13.7 Å². The molecule has 8 nitrogen and oxygen atoms in total. The van der Waals surface area contributed by atoms with Crippen LogP contribution in [0.5, 0.6) is 5.75 Å². The molecule has 0 spiro atoms. The maximum Gasteiger partial charge on any atom is 0.270 e. The standard InChI is InChI=1S/C26H26FN5O3/c1-35-22-11-20-17(10-19(25(27)31-20)14-28-13-16-5-4-6-16)9-18(22)15-29-26(34)21-12-24(33)32-8-3-2-7-23(32)30-21/h2-3,7-12,16,28H,4-6,13-15H2,1H3,(H,29,34). The molecular formula is C26H26FN5O3. The van der Waals surface area contributed by atoms with Gasteiger partial charge in [-0.2, -0.15) is 4.39 Å². The van der Waals surface area contributed by atoms with Gasteiger partial charge in [0, 0.05) is 47.9 Å². The summed E-state index contributed by atoms with van der Waals surface area (Å²) in [6, 6.07) is 11.6. The van der Waals surface area contributed by atoms with Crippen LogP contribution in [0.4, 0.5) is 4.39 Å². The molecule has 1 saturated carbocycles. The highest BCUT2D eigenvalue weighted by molar-refractivity contribution is 5.92. The van der Waals surface area contributed by atoms with Gasteiger partial charge in [-0.25, -0.2) is 9.97 Å². The second-order valence-electron chi connectivity index (χ2n) is 8.81. The lowest BCUT2D eigenvalue weighted by Crippen LogP contribution is -2.27. The molecule has 0 unspecified atom stereocenters. The number of nitrogens with zero attached hydrogens (tertiary/aromatic N) is 3. The summed E-state index contributed by atoms with van der Waals surface area (Å²) in [6.07, 6.45) is 5.32. The summed E-state index contributed by atoms with van der Waals surface area (Å²) in [5.74, 6) is 0.176. The first kappa shape index (κ1) is 22.9. The molecule has 0 saturated heterocycles. The number of fused-ring (bicyclic) bond motifs is 2. The molecule has 1 fully saturated rings. The summed E-state index contributed by atoms with van der Waals surface area (Å²) in [4.78, 5) is 33.4. The zero-order valence-corrected chi connectivity index (χ0v) is 19.4. The predicted molar refractivity (Wildman–Crippen MR) is 130 cm³/mol. The third-order valence-corrected chi connectivity index (χ3v) is 6.46. The molecule has 180 valence electrons. The average Bonchev–Trinajstić information content (AvgIpc) is 2.83. The zero-order chi connectivity index (χ0) is 24.4. The Morgan fingerprint density at radius 1 is 1.14 bits per heavy atom. The Bertz CT molecular complexity index is 1470. The number of amides is 1. The number of hydrogen-bond acceptors (Lipinski definition) is 6. The van der Waals surface area contributed by atoms with Gasteiger partial charge in [0.05, 0.1) is 12.6 Å². The smallest absolute Gasteiger partial charge is 0.270 e. The zero-order valence-electron chi connectivity index (χ0n) is 19.4. The van der Waals surface area contributed by atoms with E-state index in [-0.39, 0.29) is 17.8 Å². The monoisotopic (exact) mass is 475 g/mol. The molecule has 4 aromatic rings. The van der Waals surface area contributed by atoms with Crippen LogP contribution < -0.4 is 20.9 Å².